The second kappa shape index (κ2) is 5.75. The Morgan fingerprint density at radius 3 is 2.74 bits per heavy atom. The maximum Gasteiger partial charge on any atom is 0.242 e. The van der Waals surface area contributed by atoms with E-state index in [1.807, 2.05) is 0 Å². The molecule has 0 amide bonds. The lowest BCUT2D eigenvalue weighted by molar-refractivity contribution is 0.581. The Bertz CT molecular complexity index is 667. The van der Waals surface area contributed by atoms with Crippen LogP contribution in [-0.2, 0) is 23.1 Å². The van der Waals surface area contributed by atoms with Gasteiger partial charge in [-0.25, -0.2) is 13.1 Å². The zero-order valence-corrected chi connectivity index (χ0v) is 11.6. The van der Waals surface area contributed by atoms with Crippen LogP contribution in [0.1, 0.15) is 11.3 Å². The Morgan fingerprint density at radius 2 is 2.11 bits per heavy atom. The number of H-pyrrole nitrogens is 1. The molecular formula is C12H14ClN3O2S. The van der Waals surface area contributed by atoms with Crippen molar-refractivity contribution in [3.8, 4) is 0 Å². The van der Waals surface area contributed by atoms with Crippen molar-refractivity contribution in [1.82, 2.24) is 9.71 Å². The van der Waals surface area contributed by atoms with Crippen molar-refractivity contribution in [3.63, 3.8) is 0 Å². The molecular weight excluding hydrogens is 286 g/mol. The lowest BCUT2D eigenvalue weighted by Crippen LogP contribution is -2.22. The molecule has 0 aliphatic heterocycles. The predicted molar refractivity (Wildman–Crippen MR) is 74.2 cm³/mol. The molecule has 0 fully saturated rings. The van der Waals surface area contributed by atoms with E-state index in [1.165, 1.54) is 12.3 Å². The number of nitrogens with two attached hydrogens (primary N) is 1. The van der Waals surface area contributed by atoms with Crippen molar-refractivity contribution in [2.45, 2.75) is 18.0 Å². The molecule has 5 nitrogen and oxygen atoms in total. The summed E-state index contributed by atoms with van der Waals surface area (Å²) in [5, 5.41) is 0.573. The Balaban J connectivity index is 2.09. The summed E-state index contributed by atoms with van der Waals surface area (Å²) in [4.78, 5) is 2.98. The first-order valence-electron chi connectivity index (χ1n) is 5.63. The fraction of sp³-hybridized carbons (Fsp3) is 0.167. The van der Waals surface area contributed by atoms with Crippen LogP contribution in [-0.4, -0.2) is 13.4 Å². The summed E-state index contributed by atoms with van der Waals surface area (Å²) in [5.41, 5.74) is 6.89. The van der Waals surface area contributed by atoms with Gasteiger partial charge >= 0.3 is 0 Å². The van der Waals surface area contributed by atoms with E-state index in [1.54, 1.807) is 24.3 Å². The quantitative estimate of drug-likeness (QED) is 0.783. The molecule has 0 bridgehead atoms. The maximum absolute atomic E-state index is 12.0. The lowest BCUT2D eigenvalue weighted by atomic mass is 10.2. The van der Waals surface area contributed by atoms with Crippen molar-refractivity contribution in [1.29, 1.82) is 0 Å². The summed E-state index contributed by atoms with van der Waals surface area (Å²) >= 11 is 5.84. The molecule has 0 aliphatic rings. The number of aromatic nitrogens is 1. The average Bonchev–Trinajstić information content (AvgIpc) is 2.86. The van der Waals surface area contributed by atoms with Gasteiger partial charge in [0.1, 0.15) is 0 Å². The van der Waals surface area contributed by atoms with Gasteiger partial charge in [0, 0.05) is 30.0 Å². The van der Waals surface area contributed by atoms with Crippen molar-refractivity contribution >= 4 is 21.6 Å². The molecule has 0 aliphatic carbocycles. The van der Waals surface area contributed by atoms with Crippen LogP contribution >= 0.6 is 11.6 Å². The molecule has 19 heavy (non-hydrogen) atoms. The number of rotatable bonds is 5. The largest absolute Gasteiger partial charge is 0.363 e. The van der Waals surface area contributed by atoms with E-state index in [2.05, 4.69) is 9.71 Å². The molecule has 2 aromatic rings. The molecule has 102 valence electrons. The maximum atomic E-state index is 12.0. The first-order chi connectivity index (χ1) is 9.01. The van der Waals surface area contributed by atoms with Crippen LogP contribution < -0.4 is 10.5 Å². The van der Waals surface area contributed by atoms with Crippen LogP contribution in [0, 0.1) is 0 Å². The fourth-order valence-electron chi connectivity index (χ4n) is 1.60. The summed E-state index contributed by atoms with van der Waals surface area (Å²) in [5.74, 6) is 0. The summed E-state index contributed by atoms with van der Waals surface area (Å²) in [6.07, 6.45) is 1.42. The zero-order chi connectivity index (χ0) is 13.9. The third-order valence-electron chi connectivity index (χ3n) is 2.60. The van der Waals surface area contributed by atoms with Crippen LogP contribution in [0.3, 0.4) is 0 Å². The molecule has 0 saturated heterocycles. The highest BCUT2D eigenvalue weighted by atomic mass is 35.5. The van der Waals surface area contributed by atoms with Gasteiger partial charge in [-0.2, -0.15) is 0 Å². The van der Waals surface area contributed by atoms with Crippen LogP contribution in [0.4, 0.5) is 0 Å². The number of hydrogen-bond donors (Lipinski definition) is 3. The molecule has 2 rings (SSSR count). The predicted octanol–water partition coefficient (Wildman–Crippen LogP) is 1.61. The molecule has 0 spiro atoms. The van der Waals surface area contributed by atoms with Gasteiger partial charge in [0.25, 0.3) is 0 Å². The number of hydrogen-bond acceptors (Lipinski definition) is 3. The number of nitrogens with one attached hydrogen (secondary N) is 2. The Labute approximate surface area is 116 Å². The van der Waals surface area contributed by atoms with E-state index in [0.29, 0.717) is 10.7 Å². The van der Waals surface area contributed by atoms with Crippen LogP contribution in [0.2, 0.25) is 5.02 Å². The van der Waals surface area contributed by atoms with E-state index < -0.39 is 10.0 Å². The van der Waals surface area contributed by atoms with Crippen molar-refractivity contribution in [2.75, 3.05) is 0 Å². The fourth-order valence-corrected chi connectivity index (χ4v) is 2.85. The van der Waals surface area contributed by atoms with Gasteiger partial charge < -0.3 is 10.7 Å². The monoisotopic (exact) mass is 299 g/mol. The Kier molecular flexibility index (Phi) is 4.26. The number of halogens is 1. The van der Waals surface area contributed by atoms with Crippen molar-refractivity contribution in [3.05, 3.63) is 52.8 Å². The van der Waals surface area contributed by atoms with Crippen molar-refractivity contribution in [2.24, 2.45) is 5.73 Å². The summed E-state index contributed by atoms with van der Waals surface area (Å²) in [6.45, 7) is 0.454. The van der Waals surface area contributed by atoms with E-state index in [4.69, 9.17) is 17.3 Å². The Morgan fingerprint density at radius 1 is 1.32 bits per heavy atom. The molecule has 1 heterocycles. The minimum Gasteiger partial charge on any atom is -0.363 e. The third kappa shape index (κ3) is 3.57. The zero-order valence-electron chi connectivity index (χ0n) is 10.1. The highest BCUT2D eigenvalue weighted by molar-refractivity contribution is 7.89. The first kappa shape index (κ1) is 14.1. The SMILES string of the molecule is NCc1cc(S(=O)(=O)NCc2cccc(Cl)c2)c[nH]1. The second-order valence-electron chi connectivity index (χ2n) is 4.02. The standard InChI is InChI=1S/C12H14ClN3O2S/c13-10-3-1-2-9(4-10)7-16-19(17,18)12-5-11(6-14)15-8-12/h1-5,8,15-16H,6-7,14H2. The summed E-state index contributed by atoms with van der Waals surface area (Å²) < 4.78 is 26.5. The minimum atomic E-state index is -3.54. The summed E-state index contributed by atoms with van der Waals surface area (Å²) in [6, 6.07) is 8.54. The molecule has 7 heteroatoms. The minimum absolute atomic E-state index is 0.176. The second-order valence-corrected chi connectivity index (χ2v) is 6.22. The van der Waals surface area contributed by atoms with Crippen LogP contribution in [0.15, 0.2) is 41.4 Å². The smallest absolute Gasteiger partial charge is 0.242 e. The summed E-state index contributed by atoms with van der Waals surface area (Å²) in [7, 11) is -3.54. The highest BCUT2D eigenvalue weighted by Crippen LogP contribution is 2.13. The van der Waals surface area contributed by atoms with E-state index in [-0.39, 0.29) is 18.0 Å². The molecule has 0 unspecified atom stereocenters. The third-order valence-corrected chi connectivity index (χ3v) is 4.22. The highest BCUT2D eigenvalue weighted by Gasteiger charge is 2.15. The molecule has 1 aromatic carbocycles. The van der Waals surface area contributed by atoms with E-state index in [9.17, 15) is 8.42 Å². The molecule has 0 atom stereocenters. The number of benzene rings is 1. The first-order valence-corrected chi connectivity index (χ1v) is 7.49. The molecule has 4 N–H and O–H groups in total. The number of aromatic amines is 1. The molecule has 0 saturated carbocycles. The molecule has 1 aromatic heterocycles. The van der Waals surface area contributed by atoms with Crippen molar-refractivity contribution < 1.29 is 8.42 Å². The topological polar surface area (TPSA) is 88.0 Å². The Hall–Kier alpha value is -1.34. The van der Waals surface area contributed by atoms with Gasteiger partial charge in [0.15, 0.2) is 0 Å². The normalized spacial score (nSPS) is 11.7. The van der Waals surface area contributed by atoms with E-state index in [0.717, 1.165) is 5.56 Å². The lowest BCUT2D eigenvalue weighted by Gasteiger charge is -2.05. The average molecular weight is 300 g/mol. The van der Waals surface area contributed by atoms with Gasteiger partial charge in [-0.05, 0) is 23.8 Å². The van der Waals surface area contributed by atoms with Crippen LogP contribution in [0.25, 0.3) is 0 Å². The van der Waals surface area contributed by atoms with Gasteiger partial charge in [0.2, 0.25) is 10.0 Å². The van der Waals surface area contributed by atoms with E-state index >= 15 is 0 Å². The number of sulfonamides is 1. The van der Waals surface area contributed by atoms with Gasteiger partial charge in [0.05, 0.1) is 4.90 Å². The van der Waals surface area contributed by atoms with Gasteiger partial charge in [-0.1, -0.05) is 23.7 Å². The van der Waals surface area contributed by atoms with Gasteiger partial charge in [-0.3, -0.25) is 0 Å². The molecule has 0 radical (unpaired) electrons. The van der Waals surface area contributed by atoms with Gasteiger partial charge in [-0.15, -0.1) is 0 Å². The van der Waals surface area contributed by atoms with Crippen LogP contribution in [0.5, 0.6) is 0 Å².